The van der Waals surface area contributed by atoms with Crippen LogP contribution in [0, 0.1) is 10.1 Å². The number of amides is 1. The van der Waals surface area contributed by atoms with Gasteiger partial charge >= 0.3 is 0 Å². The highest BCUT2D eigenvalue weighted by Crippen LogP contribution is 2.21. The number of benzene rings is 3. The van der Waals surface area contributed by atoms with Crippen LogP contribution in [0.25, 0.3) is 0 Å². The molecule has 0 atom stereocenters. The normalized spacial score (nSPS) is 10.5. The fourth-order valence-electron chi connectivity index (χ4n) is 2.33. The molecule has 0 saturated heterocycles. The van der Waals surface area contributed by atoms with Crippen LogP contribution in [0.2, 0.25) is 0 Å². The lowest BCUT2D eigenvalue weighted by molar-refractivity contribution is -0.385. The largest absolute Gasteiger partial charge is 0.457 e. The van der Waals surface area contributed by atoms with Gasteiger partial charge in [0.25, 0.3) is 11.6 Å². The van der Waals surface area contributed by atoms with E-state index in [0.29, 0.717) is 17.1 Å². The van der Waals surface area contributed by atoms with Crippen molar-refractivity contribution in [2.45, 2.75) is 0 Å². The van der Waals surface area contributed by atoms with Gasteiger partial charge < -0.3 is 4.74 Å². The van der Waals surface area contributed by atoms with Crippen molar-refractivity contribution < 1.29 is 14.5 Å². The van der Waals surface area contributed by atoms with Gasteiger partial charge in [0.1, 0.15) is 17.1 Å². The smallest absolute Gasteiger partial charge is 0.282 e. The molecule has 0 saturated carbocycles. The Kier molecular flexibility index (Phi) is 5.54. The Labute approximate surface area is 155 Å². The van der Waals surface area contributed by atoms with Crippen molar-refractivity contribution in [2.24, 2.45) is 5.10 Å². The van der Waals surface area contributed by atoms with E-state index >= 15 is 0 Å². The van der Waals surface area contributed by atoms with Gasteiger partial charge in [-0.25, -0.2) is 5.43 Å². The highest BCUT2D eigenvalue weighted by Gasteiger charge is 2.18. The van der Waals surface area contributed by atoms with Crippen LogP contribution in [0.3, 0.4) is 0 Å². The van der Waals surface area contributed by atoms with Crippen LogP contribution in [-0.4, -0.2) is 17.0 Å². The summed E-state index contributed by atoms with van der Waals surface area (Å²) >= 11 is 0. The van der Waals surface area contributed by atoms with Gasteiger partial charge in [-0.2, -0.15) is 5.10 Å². The number of nitro benzene ring substituents is 1. The molecule has 0 fully saturated rings. The molecular formula is C20H15N3O4. The van der Waals surface area contributed by atoms with E-state index in [1.807, 2.05) is 30.3 Å². The summed E-state index contributed by atoms with van der Waals surface area (Å²) < 4.78 is 5.73. The van der Waals surface area contributed by atoms with E-state index < -0.39 is 10.8 Å². The van der Waals surface area contributed by atoms with Crippen molar-refractivity contribution in [2.75, 3.05) is 0 Å². The lowest BCUT2D eigenvalue weighted by Crippen LogP contribution is -2.18. The second-order valence-corrected chi connectivity index (χ2v) is 5.46. The van der Waals surface area contributed by atoms with Crippen molar-refractivity contribution in [3.63, 3.8) is 0 Å². The molecule has 134 valence electrons. The average Bonchev–Trinajstić information content (AvgIpc) is 2.69. The van der Waals surface area contributed by atoms with Crippen LogP contribution in [0.5, 0.6) is 11.5 Å². The highest BCUT2D eigenvalue weighted by molar-refractivity contribution is 5.98. The molecule has 27 heavy (non-hydrogen) atoms. The number of nitrogens with zero attached hydrogens (tertiary/aromatic N) is 2. The minimum Gasteiger partial charge on any atom is -0.457 e. The Balaban J connectivity index is 1.67. The highest BCUT2D eigenvalue weighted by atomic mass is 16.6. The summed E-state index contributed by atoms with van der Waals surface area (Å²) in [6, 6.07) is 22.2. The monoisotopic (exact) mass is 361 g/mol. The maximum atomic E-state index is 12.1. The molecule has 0 aliphatic rings. The fraction of sp³-hybridized carbons (Fsp3) is 0. The molecule has 0 aliphatic heterocycles. The third-order valence-electron chi connectivity index (χ3n) is 3.56. The minimum absolute atomic E-state index is 0.0548. The molecule has 0 aliphatic carbocycles. The van der Waals surface area contributed by atoms with Crippen LogP contribution in [0.4, 0.5) is 5.69 Å². The molecule has 7 heteroatoms. The van der Waals surface area contributed by atoms with Crippen LogP contribution in [0.15, 0.2) is 84.0 Å². The second kappa shape index (κ2) is 8.39. The number of carbonyl (C=O) groups is 1. The molecule has 0 spiro atoms. The first-order valence-corrected chi connectivity index (χ1v) is 8.03. The molecule has 3 aromatic rings. The molecule has 0 heterocycles. The zero-order valence-electron chi connectivity index (χ0n) is 14.1. The standard InChI is InChI=1S/C20H15N3O4/c24-20(18-11-4-5-12-19(18)23(25)26)22-21-14-15-7-6-10-17(13-15)27-16-8-2-1-3-9-16/h1-14H,(H,22,24)/b21-14+. The van der Waals surface area contributed by atoms with E-state index in [9.17, 15) is 14.9 Å². The Morgan fingerprint density at radius 2 is 1.67 bits per heavy atom. The maximum Gasteiger partial charge on any atom is 0.282 e. The number of rotatable bonds is 6. The molecular weight excluding hydrogens is 346 g/mol. The van der Waals surface area contributed by atoms with Crippen LogP contribution >= 0.6 is 0 Å². The molecule has 3 aromatic carbocycles. The Morgan fingerprint density at radius 3 is 2.44 bits per heavy atom. The fourth-order valence-corrected chi connectivity index (χ4v) is 2.33. The lowest BCUT2D eigenvalue weighted by atomic mass is 10.2. The molecule has 7 nitrogen and oxygen atoms in total. The van der Waals surface area contributed by atoms with Gasteiger partial charge in [0.15, 0.2) is 0 Å². The quantitative estimate of drug-likeness (QED) is 0.405. The minimum atomic E-state index is -0.657. The molecule has 0 unspecified atom stereocenters. The second-order valence-electron chi connectivity index (χ2n) is 5.46. The average molecular weight is 361 g/mol. The van der Waals surface area contributed by atoms with E-state index in [1.54, 1.807) is 30.3 Å². The van der Waals surface area contributed by atoms with Gasteiger partial charge in [-0.3, -0.25) is 14.9 Å². The Hall–Kier alpha value is -4.00. The number of nitro groups is 1. The van der Waals surface area contributed by atoms with Crippen LogP contribution in [0.1, 0.15) is 15.9 Å². The Bertz CT molecular complexity index is 987. The molecule has 0 radical (unpaired) electrons. The summed E-state index contributed by atoms with van der Waals surface area (Å²) in [7, 11) is 0. The predicted molar refractivity (Wildman–Crippen MR) is 101 cm³/mol. The summed E-state index contributed by atoms with van der Waals surface area (Å²) in [5.74, 6) is 0.668. The van der Waals surface area contributed by atoms with E-state index in [0.717, 1.165) is 0 Å². The van der Waals surface area contributed by atoms with Crippen molar-refractivity contribution in [3.05, 3.63) is 100 Å². The van der Waals surface area contributed by atoms with Gasteiger partial charge in [0.2, 0.25) is 0 Å². The van der Waals surface area contributed by atoms with Crippen molar-refractivity contribution >= 4 is 17.8 Å². The lowest BCUT2D eigenvalue weighted by Gasteiger charge is -2.05. The van der Waals surface area contributed by atoms with Crippen molar-refractivity contribution in [3.8, 4) is 11.5 Å². The zero-order valence-corrected chi connectivity index (χ0v) is 14.1. The topological polar surface area (TPSA) is 93.8 Å². The first-order chi connectivity index (χ1) is 13.1. The third kappa shape index (κ3) is 4.76. The molecule has 1 N–H and O–H groups in total. The molecule has 1 amide bonds. The number of nitrogens with one attached hydrogen (secondary N) is 1. The zero-order chi connectivity index (χ0) is 19.1. The molecule has 0 bridgehead atoms. The van der Waals surface area contributed by atoms with Crippen molar-refractivity contribution in [1.82, 2.24) is 5.43 Å². The van der Waals surface area contributed by atoms with Gasteiger partial charge in [0, 0.05) is 6.07 Å². The summed E-state index contributed by atoms with van der Waals surface area (Å²) in [4.78, 5) is 22.5. The third-order valence-corrected chi connectivity index (χ3v) is 3.56. The first kappa shape index (κ1) is 17.8. The Morgan fingerprint density at radius 1 is 0.963 bits per heavy atom. The summed E-state index contributed by atoms with van der Waals surface area (Å²) in [6.07, 6.45) is 1.44. The van der Waals surface area contributed by atoms with Crippen LogP contribution in [-0.2, 0) is 0 Å². The number of hydrogen-bond donors (Lipinski definition) is 1. The number of hydrogen-bond acceptors (Lipinski definition) is 5. The van der Waals surface area contributed by atoms with E-state index in [4.69, 9.17) is 4.74 Å². The summed E-state index contributed by atoms with van der Waals surface area (Å²) in [5.41, 5.74) is 2.67. The number of hydrazone groups is 1. The van der Waals surface area contributed by atoms with Gasteiger partial charge in [-0.05, 0) is 35.9 Å². The van der Waals surface area contributed by atoms with E-state index in [-0.39, 0.29) is 11.3 Å². The van der Waals surface area contributed by atoms with Crippen LogP contribution < -0.4 is 10.2 Å². The first-order valence-electron chi connectivity index (χ1n) is 8.03. The SMILES string of the molecule is O=C(N/N=C/c1cccc(Oc2ccccc2)c1)c1ccccc1[N+](=O)[O-]. The molecule has 0 aromatic heterocycles. The van der Waals surface area contributed by atoms with Crippen molar-refractivity contribution in [1.29, 1.82) is 0 Å². The predicted octanol–water partition coefficient (Wildman–Crippen LogP) is 4.15. The number of ether oxygens (including phenoxy) is 1. The van der Waals surface area contributed by atoms with E-state index in [2.05, 4.69) is 10.5 Å². The summed E-state index contributed by atoms with van der Waals surface area (Å²) in [6.45, 7) is 0. The van der Waals surface area contributed by atoms with E-state index in [1.165, 1.54) is 24.4 Å². The molecule has 3 rings (SSSR count). The van der Waals surface area contributed by atoms with Gasteiger partial charge in [0.05, 0.1) is 11.1 Å². The number of para-hydroxylation sites is 2. The van der Waals surface area contributed by atoms with Gasteiger partial charge in [-0.1, -0.05) is 42.5 Å². The summed E-state index contributed by atoms with van der Waals surface area (Å²) in [5, 5.41) is 14.8. The number of carbonyl (C=O) groups excluding carboxylic acids is 1. The maximum absolute atomic E-state index is 12.1. The van der Waals surface area contributed by atoms with Gasteiger partial charge in [-0.15, -0.1) is 0 Å².